The number of hydrogen-bond donors (Lipinski definition) is 0. The Bertz CT molecular complexity index is 387. The van der Waals surface area contributed by atoms with Crippen LogP contribution in [-0.2, 0) is 0 Å². The molecule has 2 aromatic rings. The first kappa shape index (κ1) is 7.80. The number of hydrogen-bond acceptors (Lipinski definition) is 2. The Labute approximate surface area is 76.5 Å². The molecule has 0 saturated carbocycles. The normalized spacial score (nSPS) is 9.85. The number of rotatable bonds is 2. The molecule has 1 heterocycles. The van der Waals surface area contributed by atoms with Crippen LogP contribution in [0.3, 0.4) is 0 Å². The summed E-state index contributed by atoms with van der Waals surface area (Å²) in [5, 5.41) is 0. The summed E-state index contributed by atoms with van der Waals surface area (Å²) in [6, 6.07) is 7.88. The van der Waals surface area contributed by atoms with E-state index < -0.39 is 0 Å². The number of oxazole rings is 1. The minimum atomic E-state index is 0.649. The van der Waals surface area contributed by atoms with Gasteiger partial charge in [0.15, 0.2) is 0 Å². The Hall–Kier alpha value is -1.83. The van der Waals surface area contributed by atoms with E-state index in [1.165, 1.54) is 0 Å². The molecule has 0 fully saturated rings. The maximum atomic E-state index is 5.16. The van der Waals surface area contributed by atoms with E-state index in [1.54, 1.807) is 18.5 Å². The molecule has 64 valence electrons. The van der Waals surface area contributed by atoms with Crippen LogP contribution in [0.15, 0.2) is 47.7 Å². The van der Waals surface area contributed by atoms with Crippen LogP contribution in [0, 0.1) is 0 Å². The van der Waals surface area contributed by atoms with E-state index in [1.807, 2.05) is 24.3 Å². The molecular weight excluding hydrogens is 162 g/mol. The summed E-state index contributed by atoms with van der Waals surface area (Å²) in [6.07, 6.45) is 5.01. The maximum Gasteiger partial charge on any atom is 0.225 e. The second-order valence-corrected chi connectivity index (χ2v) is 2.66. The van der Waals surface area contributed by atoms with Crippen molar-refractivity contribution in [2.24, 2.45) is 0 Å². The van der Waals surface area contributed by atoms with Crippen LogP contribution in [0.25, 0.3) is 17.5 Å². The summed E-state index contributed by atoms with van der Waals surface area (Å²) in [7, 11) is 0. The first-order valence-corrected chi connectivity index (χ1v) is 4.02. The average molecular weight is 171 g/mol. The predicted molar refractivity (Wildman–Crippen MR) is 52.0 cm³/mol. The van der Waals surface area contributed by atoms with Gasteiger partial charge in [0.05, 0.1) is 6.20 Å². The highest BCUT2D eigenvalue weighted by atomic mass is 16.3. The van der Waals surface area contributed by atoms with E-state index in [0.29, 0.717) is 5.89 Å². The fourth-order valence-electron chi connectivity index (χ4n) is 1.13. The molecule has 2 nitrogen and oxygen atoms in total. The zero-order chi connectivity index (χ0) is 9.10. The highest BCUT2D eigenvalue weighted by Crippen LogP contribution is 2.17. The third-order valence-electron chi connectivity index (χ3n) is 1.83. The lowest BCUT2D eigenvalue weighted by Crippen LogP contribution is -1.76. The van der Waals surface area contributed by atoms with Gasteiger partial charge in [0.1, 0.15) is 6.26 Å². The Morgan fingerprint density at radius 2 is 2.00 bits per heavy atom. The minimum Gasteiger partial charge on any atom is -0.445 e. The smallest absolute Gasteiger partial charge is 0.225 e. The fourth-order valence-corrected chi connectivity index (χ4v) is 1.13. The van der Waals surface area contributed by atoms with Crippen molar-refractivity contribution >= 4 is 6.08 Å². The molecule has 1 aromatic heterocycles. The number of aromatic nitrogens is 1. The van der Waals surface area contributed by atoms with E-state index in [2.05, 4.69) is 11.6 Å². The lowest BCUT2D eigenvalue weighted by Gasteiger charge is -1.95. The predicted octanol–water partition coefficient (Wildman–Crippen LogP) is 2.98. The summed E-state index contributed by atoms with van der Waals surface area (Å²) >= 11 is 0. The number of benzene rings is 1. The largest absolute Gasteiger partial charge is 0.445 e. The van der Waals surface area contributed by atoms with Gasteiger partial charge in [-0.2, -0.15) is 0 Å². The molecule has 0 aliphatic heterocycles. The summed E-state index contributed by atoms with van der Waals surface area (Å²) in [4.78, 5) is 4.05. The van der Waals surface area contributed by atoms with Crippen molar-refractivity contribution in [2.75, 3.05) is 0 Å². The second kappa shape index (κ2) is 3.27. The molecular formula is C11H9NO. The molecule has 0 spiro atoms. The first-order chi connectivity index (χ1) is 6.40. The van der Waals surface area contributed by atoms with Gasteiger partial charge in [0, 0.05) is 5.56 Å². The quantitative estimate of drug-likeness (QED) is 0.694. The van der Waals surface area contributed by atoms with Crippen molar-refractivity contribution in [1.29, 1.82) is 0 Å². The molecule has 0 aliphatic rings. The topological polar surface area (TPSA) is 26.0 Å². The second-order valence-electron chi connectivity index (χ2n) is 2.66. The van der Waals surface area contributed by atoms with Crippen LogP contribution in [0.4, 0.5) is 0 Å². The van der Waals surface area contributed by atoms with Crippen molar-refractivity contribution in [3.8, 4) is 11.5 Å². The van der Waals surface area contributed by atoms with Crippen molar-refractivity contribution in [3.05, 3.63) is 48.9 Å². The summed E-state index contributed by atoms with van der Waals surface area (Å²) in [6.45, 7) is 3.68. The van der Waals surface area contributed by atoms with E-state index in [9.17, 15) is 0 Å². The fraction of sp³-hybridized carbons (Fsp3) is 0. The van der Waals surface area contributed by atoms with Crippen molar-refractivity contribution < 1.29 is 4.42 Å². The van der Waals surface area contributed by atoms with E-state index in [4.69, 9.17) is 4.42 Å². The van der Waals surface area contributed by atoms with E-state index in [-0.39, 0.29) is 0 Å². The van der Waals surface area contributed by atoms with Crippen molar-refractivity contribution in [2.45, 2.75) is 0 Å². The van der Waals surface area contributed by atoms with Gasteiger partial charge in [-0.1, -0.05) is 24.8 Å². The molecule has 0 amide bonds. The lowest BCUT2D eigenvalue weighted by molar-refractivity contribution is 0.574. The van der Waals surface area contributed by atoms with Gasteiger partial charge in [-0.3, -0.25) is 0 Å². The SMILES string of the molecule is C=Cc1ccc(-c2ncco2)cc1. The standard InChI is InChI=1S/C11H9NO/c1-2-9-3-5-10(6-4-9)11-12-7-8-13-11/h2-8H,1H2. The molecule has 2 heteroatoms. The van der Waals surface area contributed by atoms with Crippen LogP contribution in [0.1, 0.15) is 5.56 Å². The Kier molecular flexibility index (Phi) is 1.96. The molecule has 0 atom stereocenters. The van der Waals surface area contributed by atoms with E-state index in [0.717, 1.165) is 11.1 Å². The molecule has 13 heavy (non-hydrogen) atoms. The summed E-state index contributed by atoms with van der Waals surface area (Å²) in [5.74, 6) is 0.649. The highest BCUT2D eigenvalue weighted by Gasteiger charge is 1.99. The van der Waals surface area contributed by atoms with Crippen molar-refractivity contribution in [3.63, 3.8) is 0 Å². The van der Waals surface area contributed by atoms with Crippen LogP contribution in [-0.4, -0.2) is 4.98 Å². The molecule has 1 aromatic carbocycles. The summed E-state index contributed by atoms with van der Waals surface area (Å²) < 4.78 is 5.16. The van der Waals surface area contributed by atoms with Gasteiger partial charge < -0.3 is 4.42 Å². The van der Waals surface area contributed by atoms with Gasteiger partial charge in [0.2, 0.25) is 5.89 Å². The van der Waals surface area contributed by atoms with E-state index >= 15 is 0 Å². The Balaban J connectivity index is 2.38. The van der Waals surface area contributed by atoms with Gasteiger partial charge in [-0.05, 0) is 17.7 Å². The molecule has 0 aliphatic carbocycles. The molecule has 0 radical (unpaired) electrons. The van der Waals surface area contributed by atoms with Crippen LogP contribution < -0.4 is 0 Å². The van der Waals surface area contributed by atoms with Gasteiger partial charge >= 0.3 is 0 Å². The molecule has 0 unspecified atom stereocenters. The zero-order valence-electron chi connectivity index (χ0n) is 7.10. The average Bonchev–Trinajstić information content (AvgIpc) is 2.71. The monoisotopic (exact) mass is 171 g/mol. The third-order valence-corrected chi connectivity index (χ3v) is 1.83. The molecule has 2 rings (SSSR count). The summed E-state index contributed by atoms with van der Waals surface area (Å²) in [5.41, 5.74) is 2.07. The molecule has 0 N–H and O–H groups in total. The molecule has 0 bridgehead atoms. The zero-order valence-corrected chi connectivity index (χ0v) is 7.10. The Morgan fingerprint density at radius 3 is 2.54 bits per heavy atom. The maximum absolute atomic E-state index is 5.16. The van der Waals surface area contributed by atoms with Crippen molar-refractivity contribution in [1.82, 2.24) is 4.98 Å². The Morgan fingerprint density at radius 1 is 1.23 bits per heavy atom. The first-order valence-electron chi connectivity index (χ1n) is 4.02. The lowest BCUT2D eigenvalue weighted by atomic mass is 10.1. The third kappa shape index (κ3) is 1.51. The molecule has 0 saturated heterocycles. The van der Waals surface area contributed by atoms with Crippen LogP contribution in [0.5, 0.6) is 0 Å². The van der Waals surface area contributed by atoms with Crippen LogP contribution in [0.2, 0.25) is 0 Å². The highest BCUT2D eigenvalue weighted by molar-refractivity contribution is 5.57. The minimum absolute atomic E-state index is 0.649. The van der Waals surface area contributed by atoms with Gasteiger partial charge in [-0.15, -0.1) is 0 Å². The van der Waals surface area contributed by atoms with Gasteiger partial charge in [-0.25, -0.2) is 4.98 Å². The van der Waals surface area contributed by atoms with Gasteiger partial charge in [0.25, 0.3) is 0 Å². The van der Waals surface area contributed by atoms with Crippen LogP contribution >= 0.6 is 0 Å². The number of nitrogens with zero attached hydrogens (tertiary/aromatic N) is 1.